The number of methoxy groups -OCH3 is 1. The number of esters is 1. The molecule has 0 radical (unpaired) electrons. The summed E-state index contributed by atoms with van der Waals surface area (Å²) in [5.74, 6) is 0.656. The molecule has 1 aromatic heterocycles. The second-order valence-corrected chi connectivity index (χ2v) is 6.35. The van der Waals surface area contributed by atoms with Crippen LogP contribution in [0.4, 0.5) is 11.4 Å². The molecule has 0 bridgehead atoms. The third-order valence-electron chi connectivity index (χ3n) is 4.46. The van der Waals surface area contributed by atoms with Gasteiger partial charge in [-0.25, -0.2) is 4.79 Å². The van der Waals surface area contributed by atoms with Crippen LogP contribution in [0.2, 0.25) is 0 Å². The number of ether oxygens (including phenoxy) is 1. The molecular formula is C18H21N5O5. The SMILES string of the molecule is COC(=O)C=Cc1ccc(N2CCN(Cc3noc(C)n3)CC2)c([N+](=O)[O-])c1. The van der Waals surface area contributed by atoms with E-state index in [0.717, 1.165) is 13.1 Å². The number of aryl methyl sites for hydroxylation is 1. The first kappa shape index (κ1) is 19.5. The summed E-state index contributed by atoms with van der Waals surface area (Å²) in [6.07, 6.45) is 2.73. The van der Waals surface area contributed by atoms with Gasteiger partial charge in [0.15, 0.2) is 5.82 Å². The van der Waals surface area contributed by atoms with Gasteiger partial charge in [0.25, 0.3) is 5.69 Å². The van der Waals surface area contributed by atoms with Crippen LogP contribution in [-0.2, 0) is 16.1 Å². The molecule has 10 heteroatoms. The van der Waals surface area contributed by atoms with E-state index in [0.29, 0.717) is 42.6 Å². The first-order valence-corrected chi connectivity index (χ1v) is 8.77. The van der Waals surface area contributed by atoms with Crippen molar-refractivity contribution in [3.63, 3.8) is 0 Å². The Morgan fingerprint density at radius 2 is 2.11 bits per heavy atom. The van der Waals surface area contributed by atoms with Crippen LogP contribution in [0.5, 0.6) is 0 Å². The van der Waals surface area contributed by atoms with Gasteiger partial charge in [-0.2, -0.15) is 4.98 Å². The van der Waals surface area contributed by atoms with Gasteiger partial charge in [0.05, 0.1) is 18.6 Å². The molecule has 1 aliphatic rings. The highest BCUT2D eigenvalue weighted by Crippen LogP contribution is 2.30. The predicted molar refractivity (Wildman–Crippen MR) is 101 cm³/mol. The summed E-state index contributed by atoms with van der Waals surface area (Å²) in [7, 11) is 1.28. The lowest BCUT2D eigenvalue weighted by molar-refractivity contribution is -0.384. The van der Waals surface area contributed by atoms with Crippen LogP contribution >= 0.6 is 0 Å². The largest absolute Gasteiger partial charge is 0.466 e. The Morgan fingerprint density at radius 3 is 2.71 bits per heavy atom. The van der Waals surface area contributed by atoms with Crippen LogP contribution in [0, 0.1) is 17.0 Å². The quantitative estimate of drug-likeness (QED) is 0.317. The molecule has 1 aromatic carbocycles. The standard InChI is InChI=1S/C18H21N5O5/c1-13-19-17(20-28-13)12-21-7-9-22(10-8-21)15-5-3-14(4-6-18(24)27-2)11-16(15)23(25)26/h3-6,11H,7-10,12H2,1-2H3. The van der Waals surface area contributed by atoms with Crippen molar-refractivity contribution >= 4 is 23.4 Å². The number of hydrogen-bond acceptors (Lipinski definition) is 9. The summed E-state index contributed by atoms with van der Waals surface area (Å²) in [5.41, 5.74) is 1.14. The van der Waals surface area contributed by atoms with Crippen LogP contribution < -0.4 is 4.90 Å². The number of piperazine rings is 1. The Kier molecular flexibility index (Phi) is 5.99. The Labute approximate surface area is 161 Å². The summed E-state index contributed by atoms with van der Waals surface area (Å²) >= 11 is 0. The molecule has 3 rings (SSSR count). The normalized spacial score (nSPS) is 15.1. The van der Waals surface area contributed by atoms with Crippen LogP contribution in [-0.4, -0.2) is 59.2 Å². The van der Waals surface area contributed by atoms with Gasteiger partial charge in [-0.3, -0.25) is 15.0 Å². The first-order chi connectivity index (χ1) is 13.5. The molecule has 28 heavy (non-hydrogen) atoms. The molecule has 0 aliphatic carbocycles. The third-order valence-corrected chi connectivity index (χ3v) is 4.46. The molecule has 2 heterocycles. The Morgan fingerprint density at radius 1 is 1.36 bits per heavy atom. The highest BCUT2D eigenvalue weighted by atomic mass is 16.6. The van der Waals surface area contributed by atoms with Gasteiger partial charge < -0.3 is 14.2 Å². The van der Waals surface area contributed by atoms with Crippen molar-refractivity contribution in [3.8, 4) is 0 Å². The van der Waals surface area contributed by atoms with E-state index < -0.39 is 10.9 Å². The molecule has 10 nitrogen and oxygen atoms in total. The van der Waals surface area contributed by atoms with Crippen LogP contribution in [0.1, 0.15) is 17.3 Å². The summed E-state index contributed by atoms with van der Waals surface area (Å²) in [5, 5.41) is 15.4. The zero-order valence-electron chi connectivity index (χ0n) is 15.7. The molecule has 0 spiro atoms. The molecule has 0 amide bonds. The number of benzene rings is 1. The van der Waals surface area contributed by atoms with E-state index in [-0.39, 0.29) is 5.69 Å². The number of nitrogens with zero attached hydrogens (tertiary/aromatic N) is 5. The van der Waals surface area contributed by atoms with Crippen LogP contribution in [0.15, 0.2) is 28.8 Å². The van der Waals surface area contributed by atoms with Gasteiger partial charge in [0, 0.05) is 45.2 Å². The van der Waals surface area contributed by atoms with Gasteiger partial charge in [0.1, 0.15) is 5.69 Å². The number of carbonyl (C=O) groups excluding carboxylic acids is 1. The Hall–Kier alpha value is -3.27. The first-order valence-electron chi connectivity index (χ1n) is 8.77. The molecule has 0 N–H and O–H groups in total. The van der Waals surface area contributed by atoms with Crippen molar-refractivity contribution in [1.29, 1.82) is 0 Å². The number of nitro benzene ring substituents is 1. The highest BCUT2D eigenvalue weighted by Gasteiger charge is 2.24. The lowest BCUT2D eigenvalue weighted by Gasteiger charge is -2.35. The molecule has 2 aromatic rings. The molecule has 0 atom stereocenters. The summed E-state index contributed by atoms with van der Waals surface area (Å²) in [6.45, 7) is 5.09. The van der Waals surface area contributed by atoms with E-state index in [1.165, 1.54) is 25.3 Å². The maximum absolute atomic E-state index is 11.5. The molecule has 0 saturated carbocycles. The van der Waals surface area contributed by atoms with Crippen molar-refractivity contribution in [2.75, 3.05) is 38.2 Å². The van der Waals surface area contributed by atoms with E-state index in [2.05, 4.69) is 19.8 Å². The maximum Gasteiger partial charge on any atom is 0.330 e. The summed E-state index contributed by atoms with van der Waals surface area (Å²) in [4.78, 5) is 30.7. The highest BCUT2D eigenvalue weighted by molar-refractivity contribution is 5.87. The van der Waals surface area contributed by atoms with Crippen molar-refractivity contribution in [3.05, 3.63) is 51.7 Å². The molecular weight excluding hydrogens is 366 g/mol. The Balaban J connectivity index is 1.68. The lowest BCUT2D eigenvalue weighted by atomic mass is 10.1. The van der Waals surface area contributed by atoms with Crippen molar-refractivity contribution in [2.24, 2.45) is 0 Å². The van der Waals surface area contributed by atoms with E-state index in [1.54, 1.807) is 19.1 Å². The number of aromatic nitrogens is 2. The minimum Gasteiger partial charge on any atom is -0.466 e. The molecule has 148 valence electrons. The fourth-order valence-corrected chi connectivity index (χ4v) is 3.04. The third kappa shape index (κ3) is 4.71. The van der Waals surface area contributed by atoms with Crippen molar-refractivity contribution < 1.29 is 19.0 Å². The van der Waals surface area contributed by atoms with E-state index >= 15 is 0 Å². The van der Waals surface area contributed by atoms with Gasteiger partial charge in [-0.1, -0.05) is 11.2 Å². The minimum atomic E-state index is -0.514. The average Bonchev–Trinajstić information content (AvgIpc) is 3.11. The van der Waals surface area contributed by atoms with Crippen LogP contribution in [0.25, 0.3) is 6.08 Å². The second kappa shape index (κ2) is 8.61. The zero-order valence-corrected chi connectivity index (χ0v) is 15.7. The smallest absolute Gasteiger partial charge is 0.330 e. The number of anilines is 1. The molecule has 1 saturated heterocycles. The van der Waals surface area contributed by atoms with E-state index in [4.69, 9.17) is 4.52 Å². The van der Waals surface area contributed by atoms with E-state index in [1.807, 2.05) is 4.90 Å². The number of nitro groups is 1. The minimum absolute atomic E-state index is 0.00857. The number of rotatable bonds is 6. The monoisotopic (exact) mass is 387 g/mol. The van der Waals surface area contributed by atoms with Crippen LogP contribution in [0.3, 0.4) is 0 Å². The van der Waals surface area contributed by atoms with Gasteiger partial charge in [-0.15, -0.1) is 0 Å². The summed E-state index contributed by atoms with van der Waals surface area (Å²) < 4.78 is 9.52. The second-order valence-electron chi connectivity index (χ2n) is 6.35. The average molecular weight is 387 g/mol. The lowest BCUT2D eigenvalue weighted by Crippen LogP contribution is -2.46. The molecule has 1 fully saturated rings. The van der Waals surface area contributed by atoms with Crippen molar-refractivity contribution in [1.82, 2.24) is 15.0 Å². The zero-order chi connectivity index (χ0) is 20.1. The fraction of sp³-hybridized carbons (Fsp3) is 0.389. The fourth-order valence-electron chi connectivity index (χ4n) is 3.04. The van der Waals surface area contributed by atoms with Crippen molar-refractivity contribution in [2.45, 2.75) is 13.5 Å². The van der Waals surface area contributed by atoms with E-state index in [9.17, 15) is 14.9 Å². The predicted octanol–water partition coefficient (Wildman–Crippen LogP) is 1.79. The number of hydrogen-bond donors (Lipinski definition) is 0. The Bertz CT molecular complexity index is 886. The maximum atomic E-state index is 11.5. The molecule has 0 unspecified atom stereocenters. The molecule has 1 aliphatic heterocycles. The number of carbonyl (C=O) groups is 1. The van der Waals surface area contributed by atoms with Gasteiger partial charge in [0.2, 0.25) is 5.89 Å². The van der Waals surface area contributed by atoms with Gasteiger partial charge >= 0.3 is 5.97 Å². The van der Waals surface area contributed by atoms with Gasteiger partial charge in [-0.05, 0) is 17.7 Å². The summed E-state index contributed by atoms with van der Waals surface area (Å²) in [6, 6.07) is 4.92. The topological polar surface area (TPSA) is 115 Å².